The van der Waals surface area contributed by atoms with Crippen molar-refractivity contribution in [2.75, 3.05) is 0 Å². The second kappa shape index (κ2) is 5.53. The monoisotopic (exact) mass is 260 g/mol. The maximum atomic E-state index is 12.0. The van der Waals surface area contributed by atoms with E-state index in [1.165, 1.54) is 18.5 Å². The first-order valence-corrected chi connectivity index (χ1v) is 4.19. The van der Waals surface area contributed by atoms with Crippen LogP contribution >= 0.6 is 24.0 Å². The molecule has 0 aliphatic rings. The molecule has 1 atom stereocenters. The Labute approximate surface area is 96.0 Å². The van der Waals surface area contributed by atoms with Crippen molar-refractivity contribution in [3.8, 4) is 0 Å². The smallest absolute Gasteiger partial charge is 0.324 e. The number of alkyl halides is 3. The van der Waals surface area contributed by atoms with Crippen LogP contribution < -0.4 is 5.73 Å². The number of halogens is 5. The van der Waals surface area contributed by atoms with Crippen LogP contribution in [0.4, 0.5) is 13.2 Å². The highest BCUT2D eigenvalue weighted by Gasteiger charge is 2.31. The quantitative estimate of drug-likeness (QED) is 0.888. The molecule has 15 heavy (non-hydrogen) atoms. The van der Waals surface area contributed by atoms with Gasteiger partial charge in [0.25, 0.3) is 0 Å². The molecular weight excluding hydrogens is 252 g/mol. The second-order valence-corrected chi connectivity index (χ2v) is 3.23. The van der Waals surface area contributed by atoms with E-state index in [1.54, 1.807) is 0 Å². The van der Waals surface area contributed by atoms with Crippen molar-refractivity contribution in [2.24, 2.45) is 5.73 Å². The summed E-state index contributed by atoms with van der Waals surface area (Å²) in [5, 5.41) is 0.157. The van der Waals surface area contributed by atoms with Crippen LogP contribution in [-0.4, -0.2) is 11.2 Å². The minimum absolute atomic E-state index is 0. The Morgan fingerprint density at radius 3 is 2.53 bits per heavy atom. The zero-order valence-electron chi connectivity index (χ0n) is 7.46. The number of aromatic nitrogens is 1. The molecule has 0 unspecified atom stereocenters. The number of pyridine rings is 1. The predicted molar refractivity (Wildman–Crippen MR) is 54.1 cm³/mol. The summed E-state index contributed by atoms with van der Waals surface area (Å²) >= 11 is 5.64. The van der Waals surface area contributed by atoms with Gasteiger partial charge >= 0.3 is 6.18 Å². The lowest BCUT2D eigenvalue weighted by atomic mass is 10.1. The van der Waals surface area contributed by atoms with Crippen LogP contribution in [0.15, 0.2) is 18.5 Å². The lowest BCUT2D eigenvalue weighted by Gasteiger charge is -2.15. The van der Waals surface area contributed by atoms with Crippen molar-refractivity contribution in [3.05, 3.63) is 29.0 Å². The fraction of sp³-hybridized carbons (Fsp3) is 0.375. The minimum Gasteiger partial charge on any atom is -0.324 e. The van der Waals surface area contributed by atoms with Gasteiger partial charge in [-0.1, -0.05) is 11.6 Å². The summed E-state index contributed by atoms with van der Waals surface area (Å²) in [5.41, 5.74) is 5.61. The van der Waals surface area contributed by atoms with E-state index in [0.717, 1.165) is 0 Å². The topological polar surface area (TPSA) is 38.9 Å². The van der Waals surface area contributed by atoms with Gasteiger partial charge in [-0.05, 0) is 11.6 Å². The Kier molecular flexibility index (Phi) is 5.34. The highest BCUT2D eigenvalue weighted by Crippen LogP contribution is 2.30. The molecule has 0 spiro atoms. The van der Waals surface area contributed by atoms with Crippen molar-refractivity contribution in [1.29, 1.82) is 0 Å². The highest BCUT2D eigenvalue weighted by atomic mass is 35.5. The van der Waals surface area contributed by atoms with E-state index in [9.17, 15) is 13.2 Å². The van der Waals surface area contributed by atoms with Crippen LogP contribution in [0.5, 0.6) is 0 Å². The molecule has 0 radical (unpaired) electrons. The van der Waals surface area contributed by atoms with Crippen molar-refractivity contribution >= 4 is 24.0 Å². The first-order valence-electron chi connectivity index (χ1n) is 3.82. The van der Waals surface area contributed by atoms with Gasteiger partial charge in [-0.25, -0.2) is 0 Å². The van der Waals surface area contributed by atoms with Crippen LogP contribution in [0.2, 0.25) is 5.02 Å². The van der Waals surface area contributed by atoms with E-state index in [4.69, 9.17) is 17.3 Å². The van der Waals surface area contributed by atoms with Crippen molar-refractivity contribution in [1.82, 2.24) is 4.98 Å². The summed E-state index contributed by atoms with van der Waals surface area (Å²) in [6.45, 7) is 0. The molecule has 0 aromatic carbocycles. The zero-order chi connectivity index (χ0) is 10.8. The van der Waals surface area contributed by atoms with Crippen LogP contribution in [-0.2, 0) is 0 Å². The molecule has 1 rings (SSSR count). The van der Waals surface area contributed by atoms with Crippen LogP contribution in [0.1, 0.15) is 18.0 Å². The van der Waals surface area contributed by atoms with Crippen molar-refractivity contribution in [2.45, 2.75) is 18.6 Å². The predicted octanol–water partition coefficient (Wildman–Crippen LogP) is 3.11. The molecule has 1 heterocycles. The molecular formula is C8H9Cl2F3N2. The van der Waals surface area contributed by atoms with Gasteiger partial charge in [0.2, 0.25) is 0 Å². The fourth-order valence-corrected chi connectivity index (χ4v) is 1.31. The van der Waals surface area contributed by atoms with Crippen LogP contribution in [0.25, 0.3) is 0 Å². The van der Waals surface area contributed by atoms with E-state index < -0.39 is 18.6 Å². The van der Waals surface area contributed by atoms with Gasteiger partial charge in [-0.3, -0.25) is 4.98 Å². The Bertz CT molecular complexity index is 317. The maximum Gasteiger partial charge on any atom is 0.390 e. The number of nitrogens with zero attached hydrogens (tertiary/aromatic N) is 1. The van der Waals surface area contributed by atoms with Gasteiger partial charge < -0.3 is 5.73 Å². The molecule has 7 heteroatoms. The summed E-state index contributed by atoms with van der Waals surface area (Å²) < 4.78 is 36.0. The van der Waals surface area contributed by atoms with Crippen molar-refractivity contribution in [3.63, 3.8) is 0 Å². The zero-order valence-corrected chi connectivity index (χ0v) is 9.03. The van der Waals surface area contributed by atoms with Gasteiger partial charge in [0.15, 0.2) is 0 Å². The molecule has 0 saturated heterocycles. The van der Waals surface area contributed by atoms with Crippen LogP contribution in [0.3, 0.4) is 0 Å². The summed E-state index contributed by atoms with van der Waals surface area (Å²) in [6, 6.07) is 0.254. The lowest BCUT2D eigenvalue weighted by Crippen LogP contribution is -2.20. The van der Waals surface area contributed by atoms with E-state index in [-0.39, 0.29) is 23.0 Å². The molecule has 1 aromatic heterocycles. The van der Waals surface area contributed by atoms with Crippen LogP contribution in [0, 0.1) is 0 Å². The molecule has 0 aliphatic heterocycles. The molecule has 0 aliphatic carbocycles. The Hall–Kier alpha value is -0.520. The molecule has 0 fully saturated rings. The molecule has 0 saturated carbocycles. The summed E-state index contributed by atoms with van der Waals surface area (Å²) in [6.07, 6.45) is -2.74. The molecule has 1 aromatic rings. The lowest BCUT2D eigenvalue weighted by molar-refractivity contribution is -0.138. The molecule has 0 amide bonds. The maximum absolute atomic E-state index is 12.0. The number of nitrogens with two attached hydrogens (primary N) is 1. The normalized spacial score (nSPS) is 13.1. The third kappa shape index (κ3) is 4.68. The molecule has 2 N–H and O–H groups in total. The molecule has 86 valence electrons. The average Bonchev–Trinajstić information content (AvgIpc) is 2.01. The van der Waals surface area contributed by atoms with E-state index in [2.05, 4.69) is 4.98 Å². The van der Waals surface area contributed by atoms with Gasteiger partial charge in [0.1, 0.15) is 0 Å². The van der Waals surface area contributed by atoms with Crippen molar-refractivity contribution < 1.29 is 13.2 Å². The fourth-order valence-electron chi connectivity index (χ4n) is 1.05. The third-order valence-electron chi connectivity index (χ3n) is 1.65. The first-order chi connectivity index (χ1) is 6.40. The average molecular weight is 261 g/mol. The minimum atomic E-state index is -4.29. The highest BCUT2D eigenvalue weighted by molar-refractivity contribution is 6.31. The van der Waals surface area contributed by atoms with Gasteiger partial charge in [-0.2, -0.15) is 13.2 Å². The van der Waals surface area contributed by atoms with E-state index >= 15 is 0 Å². The van der Waals surface area contributed by atoms with Gasteiger partial charge in [0, 0.05) is 18.4 Å². The Morgan fingerprint density at radius 2 is 2.07 bits per heavy atom. The van der Waals surface area contributed by atoms with Gasteiger partial charge in [0.05, 0.1) is 11.4 Å². The first kappa shape index (κ1) is 14.5. The van der Waals surface area contributed by atoms with Gasteiger partial charge in [-0.15, -0.1) is 12.4 Å². The number of hydrogen-bond acceptors (Lipinski definition) is 2. The largest absolute Gasteiger partial charge is 0.390 e. The Balaban J connectivity index is 0.00000196. The SMILES string of the molecule is Cl.N[C@H](CC(F)(F)F)c1ccncc1Cl. The summed E-state index contributed by atoms with van der Waals surface area (Å²) in [7, 11) is 0. The van der Waals surface area contributed by atoms with E-state index in [1.807, 2.05) is 0 Å². The number of hydrogen-bond donors (Lipinski definition) is 1. The number of rotatable bonds is 2. The molecule has 2 nitrogen and oxygen atoms in total. The summed E-state index contributed by atoms with van der Waals surface area (Å²) in [4.78, 5) is 3.66. The third-order valence-corrected chi connectivity index (χ3v) is 1.97. The summed E-state index contributed by atoms with van der Waals surface area (Å²) in [5.74, 6) is 0. The van der Waals surface area contributed by atoms with E-state index in [0.29, 0.717) is 0 Å². The Morgan fingerprint density at radius 1 is 1.47 bits per heavy atom. The standard InChI is InChI=1S/C8H8ClF3N2.ClH/c9-6-4-14-2-1-5(6)7(13)3-8(10,11)12;/h1-2,4,7H,3,13H2;1H/t7-;/m1./s1. The second-order valence-electron chi connectivity index (χ2n) is 2.82. The molecule has 0 bridgehead atoms.